The molecular formula is C14H15F3N4O3S. The van der Waals surface area contributed by atoms with Crippen LogP contribution in [-0.4, -0.2) is 27.7 Å². The van der Waals surface area contributed by atoms with Gasteiger partial charge >= 0.3 is 6.18 Å². The minimum Gasteiger partial charge on any atom is -0.368 e. The maximum Gasteiger partial charge on any atom is 0.453 e. The van der Waals surface area contributed by atoms with Gasteiger partial charge in [-0.05, 0) is 42.4 Å². The van der Waals surface area contributed by atoms with Crippen LogP contribution < -0.4 is 5.73 Å². The highest BCUT2D eigenvalue weighted by Crippen LogP contribution is 2.44. The van der Waals surface area contributed by atoms with Gasteiger partial charge in [-0.25, -0.2) is 0 Å². The van der Waals surface area contributed by atoms with Crippen molar-refractivity contribution >= 4 is 16.1 Å². The number of aryl methyl sites for hydroxylation is 1. The van der Waals surface area contributed by atoms with E-state index in [1.54, 1.807) is 13.0 Å². The van der Waals surface area contributed by atoms with Crippen molar-refractivity contribution in [1.82, 2.24) is 14.8 Å². The molecule has 0 atom stereocenters. The summed E-state index contributed by atoms with van der Waals surface area (Å²) in [4.78, 5) is 2.83. The van der Waals surface area contributed by atoms with Crippen molar-refractivity contribution in [2.45, 2.75) is 43.2 Å². The Morgan fingerprint density at radius 3 is 2.44 bits per heavy atom. The molecule has 3 N–H and O–H groups in total. The molecule has 0 radical (unpaired) electrons. The van der Waals surface area contributed by atoms with E-state index in [2.05, 4.69) is 10.1 Å². The zero-order valence-corrected chi connectivity index (χ0v) is 13.9. The highest BCUT2D eigenvalue weighted by molar-refractivity contribution is 7.85. The molecule has 1 aromatic carbocycles. The molecule has 1 heterocycles. The lowest BCUT2D eigenvalue weighted by Crippen LogP contribution is -2.11. The van der Waals surface area contributed by atoms with Gasteiger partial charge in [-0.1, -0.05) is 13.0 Å². The minimum absolute atomic E-state index is 0.0767. The first-order chi connectivity index (χ1) is 11.5. The van der Waals surface area contributed by atoms with E-state index in [0.717, 1.165) is 23.6 Å². The molecule has 1 saturated carbocycles. The van der Waals surface area contributed by atoms with Crippen molar-refractivity contribution in [3.05, 3.63) is 29.1 Å². The highest BCUT2D eigenvalue weighted by atomic mass is 32.2. The van der Waals surface area contributed by atoms with Gasteiger partial charge in [0.1, 0.15) is 0 Å². The molecule has 0 saturated heterocycles. The summed E-state index contributed by atoms with van der Waals surface area (Å²) < 4.78 is 72.0. The normalized spacial score (nSPS) is 15.6. The fourth-order valence-corrected chi connectivity index (χ4v) is 3.47. The number of halogens is 3. The Balaban J connectivity index is 2.26. The number of nitrogens with zero attached hydrogens (tertiary/aromatic N) is 3. The van der Waals surface area contributed by atoms with Crippen LogP contribution in [0.15, 0.2) is 17.0 Å². The molecule has 3 rings (SSSR count). The topological polar surface area (TPSA) is 111 Å². The molecule has 2 aromatic rings. The van der Waals surface area contributed by atoms with Crippen LogP contribution in [0.2, 0.25) is 0 Å². The quantitative estimate of drug-likeness (QED) is 0.794. The summed E-state index contributed by atoms with van der Waals surface area (Å²) in [6, 6.07) is 2.68. The lowest BCUT2D eigenvalue weighted by molar-refractivity contribution is -0.144. The molecule has 1 aromatic heterocycles. The van der Waals surface area contributed by atoms with E-state index < -0.39 is 28.1 Å². The first-order valence-corrected chi connectivity index (χ1v) is 8.90. The number of benzene rings is 1. The number of hydrogen-bond donors (Lipinski definition) is 2. The molecule has 0 spiro atoms. The SMILES string of the molecule is CCc1cc(C2CC2)c(-n2nc(C(F)(F)F)nc2N)cc1S(=O)(=O)O. The van der Waals surface area contributed by atoms with Gasteiger partial charge in [-0.3, -0.25) is 4.55 Å². The van der Waals surface area contributed by atoms with Crippen molar-refractivity contribution in [2.75, 3.05) is 5.73 Å². The molecule has 0 unspecified atom stereocenters. The lowest BCUT2D eigenvalue weighted by Gasteiger charge is -2.14. The van der Waals surface area contributed by atoms with Gasteiger partial charge in [0.25, 0.3) is 15.9 Å². The van der Waals surface area contributed by atoms with Crippen molar-refractivity contribution in [2.24, 2.45) is 0 Å². The van der Waals surface area contributed by atoms with Crippen LogP contribution in [0, 0.1) is 0 Å². The van der Waals surface area contributed by atoms with E-state index in [4.69, 9.17) is 5.73 Å². The molecule has 136 valence electrons. The zero-order chi connectivity index (χ0) is 18.6. The number of aromatic nitrogens is 3. The average molecular weight is 376 g/mol. The average Bonchev–Trinajstić information content (AvgIpc) is 3.26. The van der Waals surface area contributed by atoms with E-state index in [9.17, 15) is 26.1 Å². The second-order valence-corrected chi connectivity index (χ2v) is 7.21. The van der Waals surface area contributed by atoms with Gasteiger partial charge in [-0.15, -0.1) is 5.10 Å². The fourth-order valence-electron chi connectivity index (χ4n) is 2.68. The Labute approximate surface area is 141 Å². The summed E-state index contributed by atoms with van der Waals surface area (Å²) in [5.41, 5.74) is 6.65. The Morgan fingerprint density at radius 1 is 1.36 bits per heavy atom. The van der Waals surface area contributed by atoms with E-state index in [-0.39, 0.29) is 16.5 Å². The molecule has 11 heteroatoms. The van der Waals surface area contributed by atoms with E-state index in [0.29, 0.717) is 17.5 Å². The van der Waals surface area contributed by atoms with Crippen LogP contribution in [0.25, 0.3) is 5.69 Å². The van der Waals surface area contributed by atoms with Crippen LogP contribution in [-0.2, 0) is 22.7 Å². The largest absolute Gasteiger partial charge is 0.453 e. The smallest absolute Gasteiger partial charge is 0.368 e. The number of rotatable bonds is 4. The van der Waals surface area contributed by atoms with Crippen LogP contribution in [0.5, 0.6) is 0 Å². The Hall–Kier alpha value is -2.14. The second-order valence-electron chi connectivity index (χ2n) is 5.82. The lowest BCUT2D eigenvalue weighted by atomic mass is 10.0. The van der Waals surface area contributed by atoms with Crippen molar-refractivity contribution in [3.63, 3.8) is 0 Å². The van der Waals surface area contributed by atoms with Gasteiger partial charge < -0.3 is 5.73 Å². The molecule has 1 aliphatic rings. The molecule has 7 nitrogen and oxygen atoms in total. The number of alkyl halides is 3. The first-order valence-electron chi connectivity index (χ1n) is 7.46. The first kappa shape index (κ1) is 17.7. The third-order valence-electron chi connectivity index (χ3n) is 4.00. The molecule has 1 aliphatic carbocycles. The summed E-state index contributed by atoms with van der Waals surface area (Å²) in [6.45, 7) is 1.71. The molecular weight excluding hydrogens is 361 g/mol. The van der Waals surface area contributed by atoms with Gasteiger partial charge in [0.2, 0.25) is 5.95 Å². The second kappa shape index (κ2) is 5.70. The van der Waals surface area contributed by atoms with Crippen LogP contribution in [0.3, 0.4) is 0 Å². The number of nitrogen functional groups attached to an aromatic ring is 1. The van der Waals surface area contributed by atoms with Gasteiger partial charge in [0.05, 0.1) is 10.6 Å². The zero-order valence-electron chi connectivity index (χ0n) is 13.1. The number of anilines is 1. The summed E-state index contributed by atoms with van der Waals surface area (Å²) >= 11 is 0. The molecule has 0 amide bonds. The number of nitrogens with two attached hydrogens (primary N) is 1. The van der Waals surface area contributed by atoms with Crippen LogP contribution in [0.1, 0.15) is 42.6 Å². The Morgan fingerprint density at radius 2 is 2.00 bits per heavy atom. The van der Waals surface area contributed by atoms with E-state index in [1.807, 2.05) is 0 Å². The highest BCUT2D eigenvalue weighted by Gasteiger charge is 2.38. The summed E-state index contributed by atoms with van der Waals surface area (Å²) in [5.74, 6) is -1.85. The molecule has 0 bridgehead atoms. The Kier molecular flexibility index (Phi) is 4.03. The van der Waals surface area contributed by atoms with Gasteiger partial charge in [-0.2, -0.15) is 31.3 Å². The van der Waals surface area contributed by atoms with Gasteiger partial charge in [0.15, 0.2) is 0 Å². The van der Waals surface area contributed by atoms with Crippen molar-refractivity contribution in [3.8, 4) is 5.69 Å². The van der Waals surface area contributed by atoms with Crippen LogP contribution >= 0.6 is 0 Å². The maximum atomic E-state index is 12.8. The van der Waals surface area contributed by atoms with Crippen molar-refractivity contribution < 1.29 is 26.1 Å². The maximum absolute atomic E-state index is 12.8. The van der Waals surface area contributed by atoms with E-state index in [1.165, 1.54) is 0 Å². The standard InChI is InChI=1S/C14H15F3N4O3S/c1-2-7-5-9(8-3-4-8)10(6-11(7)25(22,23)24)21-13(18)19-12(20-21)14(15,16)17/h5-6,8H,2-4H2,1H3,(H2,18,19,20)(H,22,23,24). The minimum atomic E-state index is -4.78. The fraction of sp³-hybridized carbons (Fsp3) is 0.429. The number of hydrogen-bond acceptors (Lipinski definition) is 5. The summed E-state index contributed by atoms with van der Waals surface area (Å²) in [6.07, 6.45) is -2.81. The van der Waals surface area contributed by atoms with E-state index >= 15 is 0 Å². The van der Waals surface area contributed by atoms with Gasteiger partial charge in [0, 0.05) is 0 Å². The molecule has 1 fully saturated rings. The molecule has 0 aliphatic heterocycles. The molecule has 25 heavy (non-hydrogen) atoms. The Bertz CT molecular complexity index is 934. The summed E-state index contributed by atoms with van der Waals surface area (Å²) in [7, 11) is -4.56. The van der Waals surface area contributed by atoms with Crippen molar-refractivity contribution in [1.29, 1.82) is 0 Å². The third-order valence-corrected chi connectivity index (χ3v) is 4.94. The predicted octanol–water partition coefficient (Wildman–Crippen LogP) is 2.55. The monoisotopic (exact) mass is 376 g/mol. The summed E-state index contributed by atoms with van der Waals surface area (Å²) in [5, 5.41) is 3.38. The van der Waals surface area contributed by atoms with Crippen LogP contribution in [0.4, 0.5) is 19.1 Å². The predicted molar refractivity (Wildman–Crippen MR) is 81.9 cm³/mol. The third kappa shape index (κ3) is 3.33.